The summed E-state index contributed by atoms with van der Waals surface area (Å²) in [7, 11) is 0. The highest BCUT2D eigenvalue weighted by Crippen LogP contribution is 2.21. The molecule has 1 aromatic carbocycles. The van der Waals surface area contributed by atoms with Crippen molar-refractivity contribution in [3.05, 3.63) is 35.6 Å². The number of hydrogen-bond donors (Lipinski definition) is 1. The summed E-state index contributed by atoms with van der Waals surface area (Å²) in [5.74, 6) is -0.750. The lowest BCUT2D eigenvalue weighted by Crippen LogP contribution is -2.54. The van der Waals surface area contributed by atoms with E-state index in [2.05, 4.69) is 0 Å². The quantitative estimate of drug-likeness (QED) is 0.816. The van der Waals surface area contributed by atoms with Crippen LogP contribution in [0, 0.1) is 5.82 Å². The summed E-state index contributed by atoms with van der Waals surface area (Å²) in [6, 6.07) is 6.06. The highest BCUT2D eigenvalue weighted by atomic mass is 19.1. The van der Waals surface area contributed by atoms with Gasteiger partial charge in [-0.1, -0.05) is 12.1 Å². The molecule has 1 N–H and O–H groups in total. The number of aliphatic hydroxyl groups excluding tert-OH is 1. The van der Waals surface area contributed by atoms with Gasteiger partial charge in [0.15, 0.2) is 0 Å². The zero-order valence-electron chi connectivity index (χ0n) is 9.06. The largest absolute Gasteiger partial charge is 0.389 e. The van der Waals surface area contributed by atoms with Crippen LogP contribution in [0.1, 0.15) is 18.4 Å². The Kier molecular flexibility index (Phi) is 2.92. The molecule has 0 aliphatic carbocycles. The lowest BCUT2D eigenvalue weighted by atomic mass is 9.97. The topological polar surface area (TPSA) is 40.5 Å². The molecule has 0 saturated carbocycles. The maximum absolute atomic E-state index is 13.0. The van der Waals surface area contributed by atoms with Gasteiger partial charge < -0.3 is 10.0 Å². The van der Waals surface area contributed by atoms with Gasteiger partial charge in [-0.25, -0.2) is 4.39 Å². The Hall–Kier alpha value is -1.42. The molecular formula is C12H14FNO2. The van der Waals surface area contributed by atoms with Gasteiger partial charge in [0.25, 0.3) is 0 Å². The standard InChI is InChI=1S/C12H14FNO2/c1-8(9-3-2-4-10(13)5-9)12(16)14-6-11(15)7-14/h2-5,8,11,15H,6-7H2,1H3/t8-/m1/s1. The summed E-state index contributed by atoms with van der Waals surface area (Å²) < 4.78 is 13.0. The first kappa shape index (κ1) is 11.1. The van der Waals surface area contributed by atoms with E-state index in [0.717, 1.165) is 0 Å². The van der Waals surface area contributed by atoms with Crippen LogP contribution in [0.4, 0.5) is 4.39 Å². The van der Waals surface area contributed by atoms with Crippen molar-refractivity contribution in [2.75, 3.05) is 13.1 Å². The molecule has 0 bridgehead atoms. The van der Waals surface area contributed by atoms with E-state index in [9.17, 15) is 9.18 Å². The number of likely N-dealkylation sites (tertiary alicyclic amines) is 1. The van der Waals surface area contributed by atoms with Crippen molar-refractivity contribution in [1.82, 2.24) is 4.90 Å². The van der Waals surface area contributed by atoms with Crippen LogP contribution in [-0.2, 0) is 4.79 Å². The van der Waals surface area contributed by atoms with Crippen LogP contribution in [0.25, 0.3) is 0 Å². The Labute approximate surface area is 93.5 Å². The van der Waals surface area contributed by atoms with Crippen LogP contribution >= 0.6 is 0 Å². The first-order valence-corrected chi connectivity index (χ1v) is 5.30. The first-order valence-electron chi connectivity index (χ1n) is 5.30. The van der Waals surface area contributed by atoms with E-state index >= 15 is 0 Å². The molecule has 0 aromatic heterocycles. The molecule has 1 amide bonds. The number of aliphatic hydroxyl groups is 1. The van der Waals surface area contributed by atoms with Crippen molar-refractivity contribution < 1.29 is 14.3 Å². The van der Waals surface area contributed by atoms with Gasteiger partial charge in [-0.3, -0.25) is 4.79 Å². The van der Waals surface area contributed by atoms with Crippen molar-refractivity contribution in [2.24, 2.45) is 0 Å². The molecule has 3 nitrogen and oxygen atoms in total. The lowest BCUT2D eigenvalue weighted by Gasteiger charge is -2.37. The van der Waals surface area contributed by atoms with E-state index < -0.39 is 6.10 Å². The SMILES string of the molecule is C[C@@H](C(=O)N1CC(O)C1)c1cccc(F)c1. The number of β-amino-alcohol motifs (C(OH)–C–C–N with tert-alkyl or cyclic N) is 1. The van der Waals surface area contributed by atoms with Crippen LogP contribution < -0.4 is 0 Å². The minimum atomic E-state index is -0.399. The van der Waals surface area contributed by atoms with Crippen LogP contribution in [0.2, 0.25) is 0 Å². The Morgan fingerprint density at radius 2 is 2.25 bits per heavy atom. The second-order valence-electron chi connectivity index (χ2n) is 4.17. The molecule has 1 aromatic rings. The maximum Gasteiger partial charge on any atom is 0.230 e. The average Bonchev–Trinajstić information content (AvgIpc) is 2.23. The highest BCUT2D eigenvalue weighted by molar-refractivity contribution is 5.84. The molecule has 1 aliphatic heterocycles. The number of amides is 1. The van der Waals surface area contributed by atoms with Crippen molar-refractivity contribution in [1.29, 1.82) is 0 Å². The van der Waals surface area contributed by atoms with Gasteiger partial charge in [0, 0.05) is 13.1 Å². The van der Waals surface area contributed by atoms with Crippen molar-refractivity contribution in [2.45, 2.75) is 18.9 Å². The van der Waals surface area contributed by atoms with Crippen molar-refractivity contribution in [3.63, 3.8) is 0 Å². The smallest absolute Gasteiger partial charge is 0.230 e. The molecule has 16 heavy (non-hydrogen) atoms. The molecule has 1 saturated heterocycles. The van der Waals surface area contributed by atoms with Crippen LogP contribution in [0.3, 0.4) is 0 Å². The second-order valence-corrected chi connectivity index (χ2v) is 4.17. The van der Waals surface area contributed by atoms with Crippen molar-refractivity contribution in [3.8, 4) is 0 Å². The Balaban J connectivity index is 2.07. The normalized spacial score (nSPS) is 18.1. The predicted octanol–water partition coefficient (Wildman–Crippen LogP) is 1.13. The van der Waals surface area contributed by atoms with Gasteiger partial charge in [0.05, 0.1) is 12.0 Å². The summed E-state index contributed by atoms with van der Waals surface area (Å²) in [5.41, 5.74) is 0.673. The predicted molar refractivity (Wildman–Crippen MR) is 57.4 cm³/mol. The fraction of sp³-hybridized carbons (Fsp3) is 0.417. The maximum atomic E-state index is 13.0. The molecule has 86 valence electrons. The number of carbonyl (C=O) groups is 1. The number of hydrogen-bond acceptors (Lipinski definition) is 2. The molecule has 4 heteroatoms. The van der Waals surface area contributed by atoms with E-state index in [1.54, 1.807) is 24.0 Å². The summed E-state index contributed by atoms with van der Waals surface area (Å²) in [5, 5.41) is 9.11. The minimum Gasteiger partial charge on any atom is -0.389 e. The number of benzene rings is 1. The van der Waals surface area contributed by atoms with Gasteiger partial charge in [0.2, 0.25) is 5.91 Å². The zero-order valence-corrected chi connectivity index (χ0v) is 9.06. The zero-order chi connectivity index (χ0) is 11.7. The third-order valence-corrected chi connectivity index (χ3v) is 2.89. The fourth-order valence-corrected chi connectivity index (χ4v) is 1.83. The molecule has 0 unspecified atom stereocenters. The molecule has 1 heterocycles. The first-order chi connectivity index (χ1) is 7.58. The third kappa shape index (κ3) is 2.07. The van der Waals surface area contributed by atoms with Gasteiger partial charge in [-0.05, 0) is 24.6 Å². The fourth-order valence-electron chi connectivity index (χ4n) is 1.83. The van der Waals surface area contributed by atoms with E-state index in [1.807, 2.05) is 0 Å². The highest BCUT2D eigenvalue weighted by Gasteiger charge is 2.31. The van der Waals surface area contributed by atoms with Crippen LogP contribution in [0.15, 0.2) is 24.3 Å². The van der Waals surface area contributed by atoms with Gasteiger partial charge in [-0.15, -0.1) is 0 Å². The molecule has 2 rings (SSSR count). The summed E-state index contributed by atoms with van der Waals surface area (Å²) >= 11 is 0. The van der Waals surface area contributed by atoms with E-state index in [1.165, 1.54) is 12.1 Å². The molecule has 1 fully saturated rings. The van der Waals surface area contributed by atoms with Gasteiger partial charge in [0.1, 0.15) is 5.82 Å². The number of rotatable bonds is 2. The lowest BCUT2D eigenvalue weighted by molar-refractivity contribution is -0.142. The van der Waals surface area contributed by atoms with Crippen molar-refractivity contribution >= 4 is 5.91 Å². The minimum absolute atomic E-state index is 0.0594. The molecular weight excluding hydrogens is 209 g/mol. The van der Waals surface area contributed by atoms with Crippen LogP contribution in [-0.4, -0.2) is 35.1 Å². The third-order valence-electron chi connectivity index (χ3n) is 2.89. The monoisotopic (exact) mass is 223 g/mol. The van der Waals surface area contributed by atoms with E-state index in [4.69, 9.17) is 5.11 Å². The Morgan fingerprint density at radius 1 is 1.56 bits per heavy atom. The van der Waals surface area contributed by atoms with E-state index in [-0.39, 0.29) is 17.6 Å². The summed E-state index contributed by atoms with van der Waals surface area (Å²) in [6.07, 6.45) is -0.399. The molecule has 1 atom stereocenters. The molecule has 1 aliphatic rings. The summed E-state index contributed by atoms with van der Waals surface area (Å²) in [4.78, 5) is 13.5. The van der Waals surface area contributed by atoms with Gasteiger partial charge in [-0.2, -0.15) is 0 Å². The van der Waals surface area contributed by atoms with Gasteiger partial charge >= 0.3 is 0 Å². The average molecular weight is 223 g/mol. The summed E-state index contributed by atoms with van der Waals surface area (Å²) in [6.45, 7) is 2.53. The number of nitrogens with zero attached hydrogens (tertiary/aromatic N) is 1. The number of halogens is 1. The molecule has 0 radical (unpaired) electrons. The Bertz CT molecular complexity index is 402. The second kappa shape index (κ2) is 4.22. The number of carbonyl (C=O) groups excluding carboxylic acids is 1. The van der Waals surface area contributed by atoms with E-state index in [0.29, 0.717) is 18.7 Å². The molecule has 0 spiro atoms. The Morgan fingerprint density at radius 3 is 2.81 bits per heavy atom. The van der Waals surface area contributed by atoms with Crippen LogP contribution in [0.5, 0.6) is 0 Å².